The van der Waals surface area contributed by atoms with E-state index in [0.29, 0.717) is 19.5 Å². The number of rotatable bonds is 9. The minimum Gasteiger partial charge on any atom is -0.481 e. The zero-order valence-electron chi connectivity index (χ0n) is 12.5. The predicted octanol–water partition coefficient (Wildman–Crippen LogP) is 2.48. The number of carbonyl (C=O) groups is 2. The highest BCUT2D eigenvalue weighted by atomic mass is 16.4. The minimum atomic E-state index is -0.767. The fourth-order valence-electron chi connectivity index (χ4n) is 1.92. The second-order valence-corrected chi connectivity index (χ2v) is 5.12. The number of aliphatic carboxylic acids is 1. The summed E-state index contributed by atoms with van der Waals surface area (Å²) in [6.07, 6.45) is 3.29. The molecule has 5 heteroatoms. The Hall–Kier alpha value is -2.04. The third-order valence-electron chi connectivity index (χ3n) is 3.17. The summed E-state index contributed by atoms with van der Waals surface area (Å²) in [6.45, 7) is 3.23. The summed E-state index contributed by atoms with van der Waals surface area (Å²) < 4.78 is 0. The van der Waals surface area contributed by atoms with Crippen LogP contribution >= 0.6 is 0 Å². The molecule has 0 radical (unpaired) electrons. The summed E-state index contributed by atoms with van der Waals surface area (Å²) in [6, 6.07) is 8.09. The number of carboxylic acids is 1. The van der Waals surface area contributed by atoms with E-state index in [2.05, 4.69) is 34.9 Å². The van der Waals surface area contributed by atoms with Crippen LogP contribution in [0.1, 0.15) is 36.8 Å². The van der Waals surface area contributed by atoms with E-state index in [1.54, 1.807) is 0 Å². The third-order valence-corrected chi connectivity index (χ3v) is 3.17. The quantitative estimate of drug-likeness (QED) is 0.612. The first kappa shape index (κ1) is 17.0. The van der Waals surface area contributed by atoms with Crippen LogP contribution in [0.4, 0.5) is 4.79 Å². The van der Waals surface area contributed by atoms with Crippen molar-refractivity contribution in [3.8, 4) is 0 Å². The predicted molar refractivity (Wildman–Crippen MR) is 82.4 cm³/mol. The Morgan fingerprint density at radius 3 is 2.33 bits per heavy atom. The minimum absolute atomic E-state index is 0.166. The molecule has 5 nitrogen and oxygen atoms in total. The Balaban J connectivity index is 2.01. The van der Waals surface area contributed by atoms with Gasteiger partial charge in [0.15, 0.2) is 0 Å². The summed E-state index contributed by atoms with van der Waals surface area (Å²) in [5, 5.41) is 14.1. The monoisotopic (exact) mass is 292 g/mol. The molecule has 2 amide bonds. The molecule has 21 heavy (non-hydrogen) atoms. The lowest BCUT2D eigenvalue weighted by Gasteiger charge is -2.07. The topological polar surface area (TPSA) is 78.4 Å². The number of amides is 2. The molecule has 0 saturated heterocycles. The Labute approximate surface area is 125 Å². The molecule has 0 saturated carbocycles. The molecule has 1 aromatic rings. The van der Waals surface area contributed by atoms with Gasteiger partial charge in [-0.1, -0.05) is 36.2 Å². The van der Waals surface area contributed by atoms with Crippen molar-refractivity contribution < 1.29 is 14.7 Å². The molecule has 116 valence electrons. The van der Waals surface area contributed by atoms with Gasteiger partial charge in [-0.15, -0.1) is 0 Å². The lowest BCUT2D eigenvalue weighted by molar-refractivity contribution is -0.137. The van der Waals surface area contributed by atoms with E-state index in [1.165, 1.54) is 11.1 Å². The number of hydrogen-bond donors (Lipinski definition) is 3. The van der Waals surface area contributed by atoms with Gasteiger partial charge < -0.3 is 15.7 Å². The van der Waals surface area contributed by atoms with Crippen LogP contribution in [0.2, 0.25) is 0 Å². The van der Waals surface area contributed by atoms with Crippen molar-refractivity contribution in [1.82, 2.24) is 10.6 Å². The first-order valence-electron chi connectivity index (χ1n) is 7.37. The number of hydrogen-bond acceptors (Lipinski definition) is 2. The van der Waals surface area contributed by atoms with E-state index in [0.717, 1.165) is 19.3 Å². The Morgan fingerprint density at radius 1 is 1.00 bits per heavy atom. The van der Waals surface area contributed by atoms with Gasteiger partial charge in [-0.25, -0.2) is 4.79 Å². The molecule has 3 N–H and O–H groups in total. The van der Waals surface area contributed by atoms with Crippen molar-refractivity contribution in [3.05, 3.63) is 35.4 Å². The van der Waals surface area contributed by atoms with Crippen molar-refractivity contribution in [3.63, 3.8) is 0 Å². The molecule has 0 unspecified atom stereocenters. The second kappa shape index (κ2) is 9.80. The lowest BCUT2D eigenvalue weighted by Crippen LogP contribution is -2.37. The van der Waals surface area contributed by atoms with E-state index < -0.39 is 5.97 Å². The zero-order valence-corrected chi connectivity index (χ0v) is 12.5. The largest absolute Gasteiger partial charge is 0.481 e. The van der Waals surface area contributed by atoms with Crippen LogP contribution in [0.15, 0.2) is 24.3 Å². The van der Waals surface area contributed by atoms with Crippen LogP contribution in [0.25, 0.3) is 0 Å². The van der Waals surface area contributed by atoms with Crippen molar-refractivity contribution in [1.29, 1.82) is 0 Å². The molecular weight excluding hydrogens is 268 g/mol. The SMILES string of the molecule is Cc1ccc(CCNC(=O)NCCCCCC(=O)O)cc1. The molecule has 0 aliphatic carbocycles. The highest BCUT2D eigenvalue weighted by Gasteiger charge is 2.00. The highest BCUT2D eigenvalue weighted by Crippen LogP contribution is 2.03. The van der Waals surface area contributed by atoms with Crippen LogP contribution in [0.5, 0.6) is 0 Å². The first-order chi connectivity index (χ1) is 10.1. The molecule has 0 atom stereocenters. The molecule has 0 aromatic heterocycles. The second-order valence-electron chi connectivity index (χ2n) is 5.12. The normalized spacial score (nSPS) is 10.1. The molecule has 0 bridgehead atoms. The maximum atomic E-state index is 11.5. The van der Waals surface area contributed by atoms with Gasteiger partial charge in [0.05, 0.1) is 0 Å². The van der Waals surface area contributed by atoms with Crippen molar-refractivity contribution in [2.75, 3.05) is 13.1 Å². The van der Waals surface area contributed by atoms with Crippen molar-refractivity contribution >= 4 is 12.0 Å². The van der Waals surface area contributed by atoms with Gasteiger partial charge in [0.25, 0.3) is 0 Å². The van der Waals surface area contributed by atoms with Gasteiger partial charge >= 0.3 is 12.0 Å². The summed E-state index contributed by atoms with van der Waals surface area (Å²) in [4.78, 5) is 21.8. The summed E-state index contributed by atoms with van der Waals surface area (Å²) in [5.41, 5.74) is 2.43. The number of unbranched alkanes of at least 4 members (excludes halogenated alkanes) is 2. The summed E-state index contributed by atoms with van der Waals surface area (Å²) in [7, 11) is 0. The van der Waals surface area contributed by atoms with Crippen molar-refractivity contribution in [2.45, 2.75) is 39.0 Å². The first-order valence-corrected chi connectivity index (χ1v) is 7.37. The van der Waals surface area contributed by atoms with Gasteiger partial charge in [0.1, 0.15) is 0 Å². The molecular formula is C16H24N2O3. The molecule has 0 spiro atoms. The summed E-state index contributed by atoms with van der Waals surface area (Å²) in [5.74, 6) is -0.767. The van der Waals surface area contributed by atoms with Crippen LogP contribution < -0.4 is 10.6 Å². The molecule has 0 heterocycles. The Bertz CT molecular complexity index is 443. The number of nitrogens with one attached hydrogen (secondary N) is 2. The van der Waals surface area contributed by atoms with Gasteiger partial charge in [0, 0.05) is 19.5 Å². The molecule has 0 aliphatic heterocycles. The smallest absolute Gasteiger partial charge is 0.314 e. The average molecular weight is 292 g/mol. The van der Waals surface area contributed by atoms with E-state index in [9.17, 15) is 9.59 Å². The van der Waals surface area contributed by atoms with Crippen molar-refractivity contribution in [2.24, 2.45) is 0 Å². The van der Waals surface area contributed by atoms with Crippen LogP contribution in [-0.4, -0.2) is 30.2 Å². The Morgan fingerprint density at radius 2 is 1.67 bits per heavy atom. The van der Waals surface area contributed by atoms with Gasteiger partial charge in [-0.05, 0) is 31.7 Å². The highest BCUT2D eigenvalue weighted by molar-refractivity contribution is 5.73. The Kier molecular flexibility index (Phi) is 7.94. The van der Waals surface area contributed by atoms with E-state index in [-0.39, 0.29) is 12.5 Å². The van der Waals surface area contributed by atoms with E-state index in [4.69, 9.17) is 5.11 Å². The maximum absolute atomic E-state index is 11.5. The van der Waals surface area contributed by atoms with Crippen LogP contribution in [-0.2, 0) is 11.2 Å². The average Bonchev–Trinajstić information content (AvgIpc) is 2.44. The number of urea groups is 1. The third kappa shape index (κ3) is 8.68. The number of carbonyl (C=O) groups excluding carboxylic acids is 1. The van der Waals surface area contributed by atoms with E-state index in [1.807, 2.05) is 6.92 Å². The standard InChI is InChI=1S/C16H24N2O3/c1-13-6-8-14(9-7-13)10-12-18-16(21)17-11-4-2-3-5-15(19)20/h6-9H,2-5,10-12H2,1H3,(H,19,20)(H2,17,18,21). The van der Waals surface area contributed by atoms with Crippen LogP contribution in [0.3, 0.4) is 0 Å². The number of benzene rings is 1. The summed E-state index contributed by atoms with van der Waals surface area (Å²) >= 11 is 0. The maximum Gasteiger partial charge on any atom is 0.314 e. The zero-order chi connectivity index (χ0) is 15.5. The molecule has 1 rings (SSSR count). The van der Waals surface area contributed by atoms with Gasteiger partial charge in [-0.2, -0.15) is 0 Å². The molecule has 0 aliphatic rings. The number of aryl methyl sites for hydroxylation is 1. The van der Waals surface area contributed by atoms with Gasteiger partial charge in [-0.3, -0.25) is 4.79 Å². The fourth-order valence-corrected chi connectivity index (χ4v) is 1.92. The lowest BCUT2D eigenvalue weighted by atomic mass is 10.1. The molecule has 0 fully saturated rings. The molecule has 1 aromatic carbocycles. The number of carboxylic acid groups (broad SMARTS) is 1. The van der Waals surface area contributed by atoms with Crippen LogP contribution in [0, 0.1) is 6.92 Å². The fraction of sp³-hybridized carbons (Fsp3) is 0.500. The van der Waals surface area contributed by atoms with E-state index >= 15 is 0 Å². The van der Waals surface area contributed by atoms with Gasteiger partial charge in [0.2, 0.25) is 0 Å².